The van der Waals surface area contributed by atoms with Crippen LogP contribution in [0.15, 0.2) is 18.2 Å². The van der Waals surface area contributed by atoms with Crippen molar-refractivity contribution in [1.29, 1.82) is 0 Å². The van der Waals surface area contributed by atoms with Crippen LogP contribution >= 0.6 is 11.6 Å². The van der Waals surface area contributed by atoms with Crippen LogP contribution < -0.4 is 0 Å². The highest BCUT2D eigenvalue weighted by Crippen LogP contribution is 2.31. The molecule has 1 aromatic rings. The van der Waals surface area contributed by atoms with Gasteiger partial charge in [-0.15, -0.1) is 11.6 Å². The van der Waals surface area contributed by atoms with Crippen LogP contribution in [0.1, 0.15) is 35.6 Å². The van der Waals surface area contributed by atoms with E-state index >= 15 is 0 Å². The maximum absolute atomic E-state index is 5.93. The average Bonchev–Trinajstić information content (AvgIpc) is 2.70. The molecular formula is C12H15ClO. The van der Waals surface area contributed by atoms with Crippen LogP contribution in [0.5, 0.6) is 0 Å². The van der Waals surface area contributed by atoms with Crippen molar-refractivity contribution < 1.29 is 4.74 Å². The molecule has 0 N–H and O–H groups in total. The summed E-state index contributed by atoms with van der Waals surface area (Å²) >= 11 is 5.93. The number of alkyl halides is 1. The Bertz CT molecular complexity index is 316. The maximum Gasteiger partial charge on any atom is 0.0828 e. The quantitative estimate of drug-likeness (QED) is 0.678. The molecule has 0 aromatic heterocycles. The van der Waals surface area contributed by atoms with Crippen LogP contribution in [0.4, 0.5) is 0 Å². The zero-order chi connectivity index (χ0) is 9.97. The van der Waals surface area contributed by atoms with Crippen LogP contribution in [0, 0.1) is 6.92 Å². The van der Waals surface area contributed by atoms with Crippen LogP contribution in [0.25, 0.3) is 0 Å². The van der Waals surface area contributed by atoms with Gasteiger partial charge in [0.25, 0.3) is 0 Å². The van der Waals surface area contributed by atoms with E-state index in [1.54, 1.807) is 0 Å². The molecule has 1 nitrogen and oxygen atoms in total. The minimum absolute atomic E-state index is 0.282. The van der Waals surface area contributed by atoms with Gasteiger partial charge in [0.1, 0.15) is 0 Å². The van der Waals surface area contributed by atoms with Gasteiger partial charge in [-0.2, -0.15) is 0 Å². The summed E-state index contributed by atoms with van der Waals surface area (Å²) in [5.41, 5.74) is 3.77. The molecule has 1 aromatic carbocycles. The van der Waals surface area contributed by atoms with Crippen LogP contribution in [0.3, 0.4) is 0 Å². The average molecular weight is 211 g/mol. The second kappa shape index (κ2) is 4.33. The Labute approximate surface area is 90.0 Å². The highest BCUT2D eigenvalue weighted by atomic mass is 35.5. The Kier molecular flexibility index (Phi) is 3.09. The minimum Gasteiger partial charge on any atom is -0.374 e. The fourth-order valence-corrected chi connectivity index (χ4v) is 2.22. The largest absolute Gasteiger partial charge is 0.374 e. The molecule has 2 rings (SSSR count). The molecule has 1 atom stereocenters. The third kappa shape index (κ3) is 1.94. The lowest BCUT2D eigenvalue weighted by molar-refractivity contribution is 0.111. The van der Waals surface area contributed by atoms with Crippen LogP contribution in [-0.4, -0.2) is 6.61 Å². The van der Waals surface area contributed by atoms with E-state index in [0.717, 1.165) is 13.0 Å². The molecule has 0 amide bonds. The van der Waals surface area contributed by atoms with Gasteiger partial charge in [-0.05, 0) is 30.9 Å². The van der Waals surface area contributed by atoms with Crippen molar-refractivity contribution in [2.75, 3.05) is 6.61 Å². The summed E-state index contributed by atoms with van der Waals surface area (Å²) in [6, 6.07) is 6.44. The van der Waals surface area contributed by atoms with Gasteiger partial charge in [0.05, 0.1) is 6.10 Å². The first kappa shape index (κ1) is 10.0. The normalized spacial score (nSPS) is 21.4. The van der Waals surface area contributed by atoms with Gasteiger partial charge < -0.3 is 4.74 Å². The summed E-state index contributed by atoms with van der Waals surface area (Å²) in [5.74, 6) is 0.580. The van der Waals surface area contributed by atoms with Crippen molar-refractivity contribution in [3.63, 3.8) is 0 Å². The van der Waals surface area contributed by atoms with E-state index < -0.39 is 0 Å². The fraction of sp³-hybridized carbons (Fsp3) is 0.500. The van der Waals surface area contributed by atoms with E-state index in [4.69, 9.17) is 16.3 Å². The molecule has 0 saturated carbocycles. The number of halogens is 1. The smallest absolute Gasteiger partial charge is 0.0828 e. The van der Waals surface area contributed by atoms with Gasteiger partial charge in [-0.3, -0.25) is 0 Å². The first-order valence-electron chi connectivity index (χ1n) is 5.08. The Morgan fingerprint density at radius 1 is 1.50 bits per heavy atom. The van der Waals surface area contributed by atoms with E-state index in [9.17, 15) is 0 Å². The standard InChI is InChI=1S/C12H15ClO/c1-9-4-5-11(10(7-9)8-13)12-3-2-6-14-12/h4-5,7,12H,2-3,6,8H2,1H3. The number of aryl methyl sites for hydroxylation is 1. The topological polar surface area (TPSA) is 9.23 Å². The number of benzene rings is 1. The predicted molar refractivity (Wildman–Crippen MR) is 58.7 cm³/mol. The van der Waals surface area contributed by atoms with Crippen molar-refractivity contribution >= 4 is 11.6 Å². The number of rotatable bonds is 2. The van der Waals surface area contributed by atoms with Gasteiger partial charge in [0, 0.05) is 12.5 Å². The summed E-state index contributed by atoms with van der Waals surface area (Å²) in [5, 5.41) is 0. The lowest BCUT2D eigenvalue weighted by Gasteiger charge is -2.14. The highest BCUT2D eigenvalue weighted by Gasteiger charge is 2.19. The predicted octanol–water partition coefficient (Wildman–Crippen LogP) is 3.59. The lowest BCUT2D eigenvalue weighted by atomic mass is 9.99. The summed E-state index contributed by atoms with van der Waals surface area (Å²) in [7, 11) is 0. The summed E-state index contributed by atoms with van der Waals surface area (Å²) in [4.78, 5) is 0. The zero-order valence-electron chi connectivity index (χ0n) is 8.42. The second-order valence-corrected chi connectivity index (χ2v) is 4.10. The molecule has 1 saturated heterocycles. The summed E-state index contributed by atoms with van der Waals surface area (Å²) in [6.07, 6.45) is 2.58. The number of ether oxygens (including phenoxy) is 1. The Morgan fingerprint density at radius 2 is 2.36 bits per heavy atom. The van der Waals surface area contributed by atoms with Crippen molar-refractivity contribution in [3.8, 4) is 0 Å². The molecule has 14 heavy (non-hydrogen) atoms. The molecule has 0 spiro atoms. The van der Waals surface area contributed by atoms with Crippen molar-refractivity contribution in [2.45, 2.75) is 31.7 Å². The molecular weight excluding hydrogens is 196 g/mol. The molecule has 1 fully saturated rings. The van der Waals surface area contributed by atoms with E-state index in [-0.39, 0.29) is 6.10 Å². The highest BCUT2D eigenvalue weighted by molar-refractivity contribution is 6.17. The second-order valence-electron chi connectivity index (χ2n) is 3.84. The van der Waals surface area contributed by atoms with Crippen LogP contribution in [-0.2, 0) is 10.6 Å². The van der Waals surface area contributed by atoms with Gasteiger partial charge in [-0.25, -0.2) is 0 Å². The van der Waals surface area contributed by atoms with E-state index in [1.165, 1.54) is 23.1 Å². The summed E-state index contributed by atoms with van der Waals surface area (Å²) in [6.45, 7) is 2.98. The maximum atomic E-state index is 5.93. The van der Waals surface area contributed by atoms with Crippen molar-refractivity contribution in [2.24, 2.45) is 0 Å². The van der Waals surface area contributed by atoms with Crippen LogP contribution in [0.2, 0.25) is 0 Å². The molecule has 1 heterocycles. The summed E-state index contributed by atoms with van der Waals surface area (Å²) < 4.78 is 5.66. The SMILES string of the molecule is Cc1ccc(C2CCCO2)c(CCl)c1. The molecule has 1 aliphatic rings. The van der Waals surface area contributed by atoms with E-state index in [0.29, 0.717) is 5.88 Å². The first-order valence-corrected chi connectivity index (χ1v) is 5.61. The Morgan fingerprint density at radius 3 is 3.00 bits per heavy atom. The van der Waals surface area contributed by atoms with Crippen molar-refractivity contribution in [3.05, 3.63) is 34.9 Å². The number of hydrogen-bond acceptors (Lipinski definition) is 1. The molecule has 2 heteroatoms. The minimum atomic E-state index is 0.282. The first-order chi connectivity index (χ1) is 6.81. The van der Waals surface area contributed by atoms with E-state index in [1.807, 2.05) is 0 Å². The Balaban J connectivity index is 2.31. The molecule has 1 aliphatic heterocycles. The van der Waals surface area contributed by atoms with Crippen molar-refractivity contribution in [1.82, 2.24) is 0 Å². The third-order valence-electron chi connectivity index (χ3n) is 2.72. The molecule has 0 radical (unpaired) electrons. The monoisotopic (exact) mass is 210 g/mol. The van der Waals surface area contributed by atoms with E-state index in [2.05, 4.69) is 25.1 Å². The lowest BCUT2D eigenvalue weighted by Crippen LogP contribution is -2.00. The Hall–Kier alpha value is -0.530. The molecule has 0 aliphatic carbocycles. The number of hydrogen-bond donors (Lipinski definition) is 0. The fourth-order valence-electron chi connectivity index (χ4n) is 1.99. The third-order valence-corrected chi connectivity index (χ3v) is 3.01. The van der Waals surface area contributed by atoms with Gasteiger partial charge in [-0.1, -0.05) is 23.8 Å². The molecule has 0 bridgehead atoms. The van der Waals surface area contributed by atoms with Gasteiger partial charge in [0.2, 0.25) is 0 Å². The zero-order valence-corrected chi connectivity index (χ0v) is 9.18. The molecule has 1 unspecified atom stereocenters. The molecule has 76 valence electrons. The van der Waals surface area contributed by atoms with Gasteiger partial charge in [0.15, 0.2) is 0 Å². The van der Waals surface area contributed by atoms with Gasteiger partial charge >= 0.3 is 0 Å².